The Morgan fingerprint density at radius 2 is 2.00 bits per heavy atom. The monoisotopic (exact) mass is 313 g/mol. The van der Waals surface area contributed by atoms with E-state index in [1.54, 1.807) is 4.90 Å². The summed E-state index contributed by atoms with van der Waals surface area (Å²) in [5.41, 5.74) is 1.30. The number of nitrogens with zero attached hydrogens (tertiary/aromatic N) is 3. The van der Waals surface area contributed by atoms with E-state index in [1.807, 2.05) is 30.3 Å². The highest BCUT2D eigenvalue weighted by atomic mass is 16.3. The summed E-state index contributed by atoms with van der Waals surface area (Å²) in [5.74, 6) is 0.268. The van der Waals surface area contributed by atoms with Gasteiger partial charge < -0.3 is 20.6 Å². The maximum atomic E-state index is 12.5. The van der Waals surface area contributed by atoms with Crippen LogP contribution in [0.1, 0.15) is 10.4 Å². The molecular weight excluding hydrogens is 294 g/mol. The maximum absolute atomic E-state index is 12.5. The molecule has 2 heterocycles. The Morgan fingerprint density at radius 1 is 1.26 bits per heavy atom. The van der Waals surface area contributed by atoms with Crippen molar-refractivity contribution in [3.05, 3.63) is 48.3 Å². The number of β-amino-alcohol motifs (C(OH)–C–C–N with tert-alkyl or cyclic N) is 1. The van der Waals surface area contributed by atoms with Gasteiger partial charge in [-0.3, -0.25) is 4.79 Å². The Balaban J connectivity index is 1.67. The molecule has 0 aliphatic carbocycles. The minimum Gasteiger partial charge on any atom is -0.390 e. The molecular formula is C16H19N5O2. The fraction of sp³-hybridized carbons (Fsp3) is 0.312. The number of para-hydroxylation sites is 1. The number of anilines is 2. The van der Waals surface area contributed by atoms with Crippen LogP contribution in [-0.4, -0.2) is 58.2 Å². The number of carbonyl (C=O) groups excluding carboxylic acids is 1. The molecule has 0 radical (unpaired) electrons. The molecule has 1 aliphatic heterocycles. The van der Waals surface area contributed by atoms with Crippen LogP contribution in [0.5, 0.6) is 0 Å². The van der Waals surface area contributed by atoms with Gasteiger partial charge in [-0.25, -0.2) is 9.97 Å². The average molecular weight is 313 g/mol. The molecule has 1 amide bonds. The molecule has 3 N–H and O–H groups in total. The number of rotatable bonds is 3. The van der Waals surface area contributed by atoms with Crippen LogP contribution in [0.4, 0.5) is 11.6 Å². The van der Waals surface area contributed by atoms with Gasteiger partial charge in [0.15, 0.2) is 0 Å². The number of aliphatic hydroxyl groups excluding tert-OH is 1. The normalized spacial score (nSPS) is 18.3. The van der Waals surface area contributed by atoms with Crippen LogP contribution in [0.25, 0.3) is 0 Å². The second-order valence-electron chi connectivity index (χ2n) is 5.40. The molecule has 0 unspecified atom stereocenters. The fourth-order valence-corrected chi connectivity index (χ4v) is 2.41. The molecule has 23 heavy (non-hydrogen) atoms. The lowest BCUT2D eigenvalue weighted by Gasteiger charge is -2.21. The molecule has 1 aromatic carbocycles. The van der Waals surface area contributed by atoms with Gasteiger partial charge in [-0.15, -0.1) is 0 Å². The van der Waals surface area contributed by atoms with E-state index in [2.05, 4.69) is 20.6 Å². The van der Waals surface area contributed by atoms with E-state index in [-0.39, 0.29) is 5.91 Å². The van der Waals surface area contributed by atoms with Crippen LogP contribution in [0, 0.1) is 0 Å². The largest absolute Gasteiger partial charge is 0.390 e. The van der Waals surface area contributed by atoms with Crippen molar-refractivity contribution in [3.63, 3.8) is 0 Å². The van der Waals surface area contributed by atoms with Gasteiger partial charge in [-0.05, 0) is 12.1 Å². The molecule has 0 bridgehead atoms. The van der Waals surface area contributed by atoms with Gasteiger partial charge in [0, 0.05) is 44.3 Å². The van der Waals surface area contributed by atoms with Crippen LogP contribution >= 0.6 is 0 Å². The maximum Gasteiger partial charge on any atom is 0.257 e. The fourth-order valence-electron chi connectivity index (χ4n) is 2.41. The molecule has 120 valence electrons. The van der Waals surface area contributed by atoms with E-state index >= 15 is 0 Å². The standard InChI is InChI=1S/C16H19N5O2/c22-14-10-17-6-7-21(11-14)15(23)12-8-18-16(19-9-12)20-13-4-2-1-3-5-13/h1-5,8-9,14,17,22H,6-7,10-11H2,(H,18,19,20)/t14-/m0/s1. The zero-order chi connectivity index (χ0) is 16.1. The van der Waals surface area contributed by atoms with Crippen LogP contribution in [0.3, 0.4) is 0 Å². The first-order chi connectivity index (χ1) is 11.2. The van der Waals surface area contributed by atoms with Gasteiger partial charge in [0.1, 0.15) is 0 Å². The number of amides is 1. The number of aliphatic hydroxyl groups is 1. The lowest BCUT2D eigenvalue weighted by atomic mass is 10.2. The number of benzene rings is 1. The molecule has 1 atom stereocenters. The van der Waals surface area contributed by atoms with E-state index in [1.165, 1.54) is 12.4 Å². The summed E-state index contributed by atoms with van der Waals surface area (Å²) in [5, 5.41) is 15.9. The molecule has 7 nitrogen and oxygen atoms in total. The van der Waals surface area contributed by atoms with Crippen LogP contribution < -0.4 is 10.6 Å². The molecule has 0 saturated carbocycles. The quantitative estimate of drug-likeness (QED) is 0.770. The Bertz CT molecular complexity index is 647. The average Bonchev–Trinajstić information content (AvgIpc) is 2.80. The summed E-state index contributed by atoms with van der Waals surface area (Å²) >= 11 is 0. The van der Waals surface area contributed by atoms with Crippen LogP contribution in [-0.2, 0) is 0 Å². The van der Waals surface area contributed by atoms with Crippen molar-refractivity contribution < 1.29 is 9.90 Å². The van der Waals surface area contributed by atoms with E-state index < -0.39 is 6.10 Å². The van der Waals surface area contributed by atoms with E-state index in [0.29, 0.717) is 37.7 Å². The third-order valence-electron chi connectivity index (χ3n) is 3.59. The third-order valence-corrected chi connectivity index (χ3v) is 3.59. The third kappa shape index (κ3) is 4.02. The second-order valence-corrected chi connectivity index (χ2v) is 5.40. The molecule has 3 rings (SSSR count). The molecule has 1 aromatic heterocycles. The molecule has 7 heteroatoms. The Hall–Kier alpha value is -2.51. The highest BCUT2D eigenvalue weighted by molar-refractivity contribution is 5.93. The number of hydrogen-bond donors (Lipinski definition) is 3. The highest BCUT2D eigenvalue weighted by Crippen LogP contribution is 2.12. The van der Waals surface area contributed by atoms with Gasteiger partial charge in [0.05, 0.1) is 11.7 Å². The van der Waals surface area contributed by atoms with Crippen LogP contribution in [0.15, 0.2) is 42.7 Å². The Morgan fingerprint density at radius 3 is 2.74 bits per heavy atom. The summed E-state index contributed by atoms with van der Waals surface area (Å²) in [6, 6.07) is 9.58. The summed E-state index contributed by atoms with van der Waals surface area (Å²) in [6.07, 6.45) is 2.46. The lowest BCUT2D eigenvalue weighted by molar-refractivity contribution is 0.0672. The predicted octanol–water partition coefficient (Wildman–Crippen LogP) is 0.626. The Labute approximate surface area is 134 Å². The van der Waals surface area contributed by atoms with E-state index in [4.69, 9.17) is 0 Å². The van der Waals surface area contributed by atoms with Crippen molar-refractivity contribution in [2.75, 3.05) is 31.5 Å². The number of hydrogen-bond acceptors (Lipinski definition) is 6. The van der Waals surface area contributed by atoms with Gasteiger partial charge in [-0.2, -0.15) is 0 Å². The highest BCUT2D eigenvalue weighted by Gasteiger charge is 2.21. The first-order valence-electron chi connectivity index (χ1n) is 7.54. The molecule has 1 fully saturated rings. The number of aromatic nitrogens is 2. The predicted molar refractivity (Wildman–Crippen MR) is 86.5 cm³/mol. The van der Waals surface area contributed by atoms with Crippen molar-refractivity contribution in [2.24, 2.45) is 0 Å². The van der Waals surface area contributed by atoms with Crippen molar-refractivity contribution >= 4 is 17.5 Å². The van der Waals surface area contributed by atoms with Gasteiger partial charge in [0.2, 0.25) is 5.95 Å². The molecule has 1 aliphatic rings. The minimum absolute atomic E-state index is 0.168. The van der Waals surface area contributed by atoms with E-state index in [0.717, 1.165) is 5.69 Å². The first-order valence-corrected chi connectivity index (χ1v) is 7.54. The zero-order valence-corrected chi connectivity index (χ0v) is 12.6. The second kappa shape index (κ2) is 7.17. The van der Waals surface area contributed by atoms with Gasteiger partial charge >= 0.3 is 0 Å². The van der Waals surface area contributed by atoms with Crippen molar-refractivity contribution in [2.45, 2.75) is 6.10 Å². The first kappa shape index (κ1) is 15.4. The van der Waals surface area contributed by atoms with Crippen molar-refractivity contribution in [3.8, 4) is 0 Å². The van der Waals surface area contributed by atoms with Crippen molar-refractivity contribution in [1.82, 2.24) is 20.2 Å². The SMILES string of the molecule is O=C(c1cnc(Nc2ccccc2)nc1)N1CCNC[C@H](O)C1. The lowest BCUT2D eigenvalue weighted by Crippen LogP contribution is -2.37. The number of carbonyl (C=O) groups is 1. The summed E-state index contributed by atoms with van der Waals surface area (Å²) in [4.78, 5) is 22.4. The summed E-state index contributed by atoms with van der Waals surface area (Å²) in [6.45, 7) is 2.03. The molecule has 0 spiro atoms. The molecule has 1 saturated heterocycles. The van der Waals surface area contributed by atoms with Gasteiger partial charge in [0.25, 0.3) is 5.91 Å². The van der Waals surface area contributed by atoms with Gasteiger partial charge in [-0.1, -0.05) is 18.2 Å². The summed E-state index contributed by atoms with van der Waals surface area (Å²) in [7, 11) is 0. The Kier molecular flexibility index (Phi) is 4.80. The van der Waals surface area contributed by atoms with E-state index in [9.17, 15) is 9.90 Å². The van der Waals surface area contributed by atoms with Crippen molar-refractivity contribution in [1.29, 1.82) is 0 Å². The number of nitrogens with one attached hydrogen (secondary N) is 2. The van der Waals surface area contributed by atoms with Crippen LogP contribution in [0.2, 0.25) is 0 Å². The topological polar surface area (TPSA) is 90.4 Å². The zero-order valence-electron chi connectivity index (χ0n) is 12.6. The summed E-state index contributed by atoms with van der Waals surface area (Å²) < 4.78 is 0. The molecule has 2 aromatic rings. The minimum atomic E-state index is -0.554. The smallest absolute Gasteiger partial charge is 0.257 e.